The maximum absolute atomic E-state index is 12.7. The van der Waals surface area contributed by atoms with E-state index < -0.39 is 0 Å². The molecule has 9 nitrogen and oxygen atoms in total. The van der Waals surface area contributed by atoms with Crippen LogP contribution >= 0.6 is 0 Å². The van der Waals surface area contributed by atoms with Crippen molar-refractivity contribution in [3.05, 3.63) is 29.2 Å². The van der Waals surface area contributed by atoms with Gasteiger partial charge in [-0.3, -0.25) is 14.3 Å². The zero-order valence-electron chi connectivity index (χ0n) is 17.2. The number of hydrogen-bond donors (Lipinski definition) is 0. The number of nitrogens with zero attached hydrogens (tertiary/aromatic N) is 6. The third-order valence-electron chi connectivity index (χ3n) is 5.18. The number of likely N-dealkylation sites (tertiary alicyclic amines) is 1. The lowest BCUT2D eigenvalue weighted by Crippen LogP contribution is -2.42. The van der Waals surface area contributed by atoms with Crippen molar-refractivity contribution in [1.82, 2.24) is 29.7 Å². The number of amides is 2. The Hall–Kier alpha value is -2.71. The minimum atomic E-state index is -0.0885. The van der Waals surface area contributed by atoms with Gasteiger partial charge in [-0.25, -0.2) is 0 Å². The molecule has 2 aromatic heterocycles. The van der Waals surface area contributed by atoms with E-state index in [1.165, 1.54) is 0 Å². The Morgan fingerprint density at radius 3 is 2.71 bits per heavy atom. The molecule has 3 rings (SSSR count). The molecule has 0 radical (unpaired) electrons. The van der Waals surface area contributed by atoms with Gasteiger partial charge < -0.3 is 14.3 Å². The summed E-state index contributed by atoms with van der Waals surface area (Å²) >= 11 is 0. The summed E-state index contributed by atoms with van der Waals surface area (Å²) in [5, 5.41) is 8.26. The molecule has 3 heterocycles. The van der Waals surface area contributed by atoms with E-state index in [9.17, 15) is 9.59 Å². The third-order valence-corrected chi connectivity index (χ3v) is 5.18. The van der Waals surface area contributed by atoms with Gasteiger partial charge in [0, 0.05) is 51.6 Å². The second-order valence-corrected chi connectivity index (χ2v) is 7.65. The van der Waals surface area contributed by atoms with Crippen LogP contribution in [0.3, 0.4) is 0 Å². The van der Waals surface area contributed by atoms with Gasteiger partial charge in [-0.2, -0.15) is 10.1 Å². The number of carbonyl (C=O) groups is 2. The molecule has 1 aliphatic heterocycles. The predicted molar refractivity (Wildman–Crippen MR) is 102 cm³/mol. The monoisotopic (exact) mass is 388 g/mol. The average Bonchev–Trinajstić information content (AvgIpc) is 3.35. The molecule has 1 aliphatic rings. The summed E-state index contributed by atoms with van der Waals surface area (Å²) in [7, 11) is 1.82. The molecule has 0 bridgehead atoms. The van der Waals surface area contributed by atoms with Crippen molar-refractivity contribution in [3.8, 4) is 0 Å². The van der Waals surface area contributed by atoms with Crippen molar-refractivity contribution in [3.63, 3.8) is 0 Å². The van der Waals surface area contributed by atoms with E-state index >= 15 is 0 Å². The summed E-state index contributed by atoms with van der Waals surface area (Å²) in [6.45, 7) is 9.08. The van der Waals surface area contributed by atoms with Crippen LogP contribution in [0.15, 0.2) is 10.6 Å². The molecule has 152 valence electrons. The third kappa shape index (κ3) is 4.23. The fourth-order valence-electron chi connectivity index (χ4n) is 3.43. The molecule has 9 heteroatoms. The van der Waals surface area contributed by atoms with Gasteiger partial charge in [0.2, 0.25) is 11.8 Å². The van der Waals surface area contributed by atoms with Crippen LogP contribution in [0.1, 0.15) is 61.0 Å². The summed E-state index contributed by atoms with van der Waals surface area (Å²) in [4.78, 5) is 32.9. The highest BCUT2D eigenvalue weighted by molar-refractivity contribution is 5.92. The Kier molecular flexibility index (Phi) is 5.81. The topological polar surface area (TPSA) is 97.4 Å². The second-order valence-electron chi connectivity index (χ2n) is 7.65. The standard InChI is InChI=1S/C19H28N6O3/c1-12(2)18-20-17(22-28-18)7-9-25(14(4)26)15-6-8-24(11-15)19(27)16-10-13(3)23(5)21-16/h10,12,15H,6-9,11H2,1-5H3. The minimum Gasteiger partial charge on any atom is -0.339 e. The van der Waals surface area contributed by atoms with E-state index in [2.05, 4.69) is 15.2 Å². The van der Waals surface area contributed by atoms with Crippen molar-refractivity contribution < 1.29 is 14.1 Å². The summed E-state index contributed by atoms with van der Waals surface area (Å²) in [5.41, 5.74) is 1.38. The van der Waals surface area contributed by atoms with Crippen LogP contribution in [0.25, 0.3) is 0 Å². The lowest BCUT2D eigenvalue weighted by atomic mass is 10.2. The fourth-order valence-corrected chi connectivity index (χ4v) is 3.43. The molecule has 0 aromatic carbocycles. The van der Waals surface area contributed by atoms with Crippen LogP contribution in [0.5, 0.6) is 0 Å². The van der Waals surface area contributed by atoms with Crippen LogP contribution in [-0.4, -0.2) is 67.2 Å². The smallest absolute Gasteiger partial charge is 0.274 e. The molecular weight excluding hydrogens is 360 g/mol. The molecule has 1 saturated heterocycles. The number of aromatic nitrogens is 4. The van der Waals surface area contributed by atoms with Crippen LogP contribution in [-0.2, 0) is 18.3 Å². The highest BCUT2D eigenvalue weighted by Gasteiger charge is 2.33. The molecule has 0 saturated carbocycles. The average molecular weight is 388 g/mol. The highest BCUT2D eigenvalue weighted by atomic mass is 16.5. The Morgan fingerprint density at radius 2 is 2.14 bits per heavy atom. The number of aryl methyl sites for hydroxylation is 2. The molecule has 2 amide bonds. The summed E-state index contributed by atoms with van der Waals surface area (Å²) < 4.78 is 6.92. The van der Waals surface area contributed by atoms with Gasteiger partial charge in [0.15, 0.2) is 11.5 Å². The van der Waals surface area contributed by atoms with Gasteiger partial charge >= 0.3 is 0 Å². The quantitative estimate of drug-likeness (QED) is 0.745. The minimum absolute atomic E-state index is 0.0114. The number of rotatable bonds is 6. The van der Waals surface area contributed by atoms with E-state index in [0.717, 1.165) is 12.1 Å². The number of hydrogen-bond acceptors (Lipinski definition) is 6. The first kappa shape index (κ1) is 20.0. The molecule has 1 fully saturated rings. The van der Waals surface area contributed by atoms with Gasteiger partial charge in [0.05, 0.1) is 6.04 Å². The number of carbonyl (C=O) groups excluding carboxylic acids is 2. The first-order valence-electron chi connectivity index (χ1n) is 9.66. The lowest BCUT2D eigenvalue weighted by molar-refractivity contribution is -0.130. The zero-order valence-corrected chi connectivity index (χ0v) is 17.2. The van der Waals surface area contributed by atoms with Gasteiger partial charge in [0.1, 0.15) is 0 Å². The Morgan fingerprint density at radius 1 is 1.39 bits per heavy atom. The van der Waals surface area contributed by atoms with Crippen LogP contribution in [0, 0.1) is 6.92 Å². The molecular formula is C19H28N6O3. The SMILES string of the molecule is CC(=O)N(CCc1noc(C(C)C)n1)C1CCN(C(=O)c2cc(C)n(C)n2)C1. The predicted octanol–water partition coefficient (Wildman–Crippen LogP) is 1.54. The van der Waals surface area contributed by atoms with Crippen LogP contribution in [0.2, 0.25) is 0 Å². The van der Waals surface area contributed by atoms with E-state index in [-0.39, 0.29) is 23.8 Å². The van der Waals surface area contributed by atoms with Crippen molar-refractivity contribution in [2.75, 3.05) is 19.6 Å². The highest BCUT2D eigenvalue weighted by Crippen LogP contribution is 2.19. The van der Waals surface area contributed by atoms with Gasteiger partial charge in [-0.1, -0.05) is 19.0 Å². The maximum Gasteiger partial charge on any atom is 0.274 e. The first-order chi connectivity index (χ1) is 13.3. The van der Waals surface area contributed by atoms with Gasteiger partial charge in [-0.15, -0.1) is 0 Å². The van der Waals surface area contributed by atoms with E-state index in [4.69, 9.17) is 4.52 Å². The fraction of sp³-hybridized carbons (Fsp3) is 0.632. The molecule has 0 spiro atoms. The Balaban J connectivity index is 1.61. The lowest BCUT2D eigenvalue weighted by Gasteiger charge is -2.27. The Labute approximate surface area is 164 Å². The molecule has 2 aromatic rings. The van der Waals surface area contributed by atoms with Gasteiger partial charge in [0.25, 0.3) is 5.91 Å². The van der Waals surface area contributed by atoms with E-state index in [0.29, 0.717) is 43.5 Å². The molecule has 0 N–H and O–H groups in total. The largest absolute Gasteiger partial charge is 0.339 e. The molecule has 1 unspecified atom stereocenters. The summed E-state index contributed by atoms with van der Waals surface area (Å²) in [6, 6.07) is 1.78. The van der Waals surface area contributed by atoms with Crippen molar-refractivity contribution in [1.29, 1.82) is 0 Å². The van der Waals surface area contributed by atoms with Crippen LogP contribution in [0.4, 0.5) is 0 Å². The first-order valence-corrected chi connectivity index (χ1v) is 9.66. The Bertz CT molecular complexity index is 836. The van der Waals surface area contributed by atoms with Crippen molar-refractivity contribution in [2.24, 2.45) is 7.05 Å². The summed E-state index contributed by atoms with van der Waals surface area (Å²) in [5.74, 6) is 1.28. The van der Waals surface area contributed by atoms with Crippen molar-refractivity contribution in [2.45, 2.75) is 52.5 Å². The van der Waals surface area contributed by atoms with E-state index in [1.54, 1.807) is 22.6 Å². The van der Waals surface area contributed by atoms with Gasteiger partial charge in [-0.05, 0) is 19.4 Å². The molecule has 1 atom stereocenters. The van der Waals surface area contributed by atoms with Crippen LogP contribution < -0.4 is 0 Å². The normalized spacial score (nSPS) is 16.8. The van der Waals surface area contributed by atoms with E-state index in [1.807, 2.05) is 32.7 Å². The van der Waals surface area contributed by atoms with Crippen molar-refractivity contribution >= 4 is 11.8 Å². The molecule has 0 aliphatic carbocycles. The zero-order chi connectivity index (χ0) is 20.4. The maximum atomic E-state index is 12.7. The summed E-state index contributed by atoms with van der Waals surface area (Å²) in [6.07, 6.45) is 1.28. The molecule has 28 heavy (non-hydrogen) atoms. The second kappa shape index (κ2) is 8.12.